The molecule has 1 aliphatic rings. The summed E-state index contributed by atoms with van der Waals surface area (Å²) in [5.74, 6) is 0.995. The van der Waals surface area contributed by atoms with Crippen molar-refractivity contribution < 1.29 is 9.90 Å². The van der Waals surface area contributed by atoms with Gasteiger partial charge in [-0.25, -0.2) is 14.8 Å². The number of aromatic nitrogens is 2. The predicted molar refractivity (Wildman–Crippen MR) is 96.9 cm³/mol. The number of nitrogens with one attached hydrogen (secondary N) is 1. The van der Waals surface area contributed by atoms with Gasteiger partial charge >= 0.3 is 6.09 Å². The van der Waals surface area contributed by atoms with Crippen molar-refractivity contribution in [1.82, 2.24) is 14.9 Å². The molecule has 0 radical (unpaired) electrons. The minimum Gasteiger partial charge on any atom is -0.465 e. The number of carbonyl (C=O) groups is 1. The number of halogens is 1. The van der Waals surface area contributed by atoms with E-state index in [2.05, 4.69) is 15.3 Å². The van der Waals surface area contributed by atoms with E-state index >= 15 is 0 Å². The highest BCUT2D eigenvalue weighted by molar-refractivity contribution is 6.30. The molecule has 7 heteroatoms. The van der Waals surface area contributed by atoms with Crippen molar-refractivity contribution in [1.29, 1.82) is 0 Å². The van der Waals surface area contributed by atoms with Crippen LogP contribution in [-0.2, 0) is 6.42 Å². The first-order valence-corrected chi connectivity index (χ1v) is 8.74. The number of piperidine rings is 1. The summed E-state index contributed by atoms with van der Waals surface area (Å²) in [5, 5.41) is 13.4. The van der Waals surface area contributed by atoms with Crippen molar-refractivity contribution in [2.24, 2.45) is 5.92 Å². The number of likely N-dealkylation sites (tertiary alicyclic amines) is 1. The maximum absolute atomic E-state index is 11.6. The van der Waals surface area contributed by atoms with E-state index < -0.39 is 6.09 Å². The zero-order valence-corrected chi connectivity index (χ0v) is 14.6. The number of amides is 1. The Hall–Kier alpha value is -2.34. The summed E-state index contributed by atoms with van der Waals surface area (Å²) >= 11 is 5.93. The van der Waals surface area contributed by atoms with E-state index in [1.807, 2.05) is 24.3 Å². The van der Waals surface area contributed by atoms with E-state index in [0.717, 1.165) is 24.9 Å². The first-order valence-electron chi connectivity index (χ1n) is 8.36. The molecular weight excluding hydrogens is 340 g/mol. The fraction of sp³-hybridized carbons (Fsp3) is 0.389. The average molecular weight is 361 g/mol. The van der Waals surface area contributed by atoms with E-state index in [4.69, 9.17) is 11.6 Å². The zero-order valence-electron chi connectivity index (χ0n) is 13.8. The fourth-order valence-corrected chi connectivity index (χ4v) is 3.41. The number of benzene rings is 1. The smallest absolute Gasteiger partial charge is 0.407 e. The van der Waals surface area contributed by atoms with Crippen molar-refractivity contribution in [3.63, 3.8) is 0 Å². The second-order valence-electron chi connectivity index (χ2n) is 6.30. The van der Waals surface area contributed by atoms with Gasteiger partial charge in [0, 0.05) is 36.5 Å². The largest absolute Gasteiger partial charge is 0.465 e. The van der Waals surface area contributed by atoms with Crippen molar-refractivity contribution >= 4 is 23.6 Å². The van der Waals surface area contributed by atoms with Crippen LogP contribution >= 0.6 is 11.6 Å². The molecule has 6 nitrogen and oxygen atoms in total. The molecule has 0 bridgehead atoms. The third-order valence-electron chi connectivity index (χ3n) is 4.57. The molecule has 1 saturated heterocycles. The topological polar surface area (TPSA) is 78.4 Å². The Kier molecular flexibility index (Phi) is 5.71. The quantitative estimate of drug-likeness (QED) is 0.852. The van der Waals surface area contributed by atoms with E-state index in [0.29, 0.717) is 29.9 Å². The number of nitrogens with zero attached hydrogens (tertiary/aromatic N) is 3. The summed E-state index contributed by atoms with van der Waals surface area (Å²) < 4.78 is 0. The van der Waals surface area contributed by atoms with Crippen LogP contribution in [0.3, 0.4) is 0 Å². The van der Waals surface area contributed by atoms with Gasteiger partial charge in [-0.3, -0.25) is 0 Å². The molecule has 2 N–H and O–H groups in total. The molecule has 132 valence electrons. The van der Waals surface area contributed by atoms with Crippen molar-refractivity contribution in [3.05, 3.63) is 53.3 Å². The highest BCUT2D eigenvalue weighted by Gasteiger charge is 2.31. The summed E-state index contributed by atoms with van der Waals surface area (Å²) in [6, 6.07) is 9.35. The molecule has 25 heavy (non-hydrogen) atoms. The molecule has 1 amide bonds. The SMILES string of the molecule is O=C(O)N1CCC(CNc2ncccn2)CC1Cc1ccc(Cl)cc1. The number of hydrogen-bond donors (Lipinski definition) is 2. The Morgan fingerprint density at radius 3 is 2.68 bits per heavy atom. The van der Waals surface area contributed by atoms with Crippen LogP contribution in [0.1, 0.15) is 18.4 Å². The van der Waals surface area contributed by atoms with Crippen LogP contribution in [0, 0.1) is 5.92 Å². The van der Waals surface area contributed by atoms with E-state index in [1.165, 1.54) is 0 Å². The van der Waals surface area contributed by atoms with Gasteiger partial charge in [-0.15, -0.1) is 0 Å². The second-order valence-corrected chi connectivity index (χ2v) is 6.74. The summed E-state index contributed by atoms with van der Waals surface area (Å²) in [6.45, 7) is 1.30. The molecular formula is C18H21ClN4O2. The summed E-state index contributed by atoms with van der Waals surface area (Å²) in [6.07, 6.45) is 4.90. The van der Waals surface area contributed by atoms with Crippen molar-refractivity contribution in [2.45, 2.75) is 25.3 Å². The van der Waals surface area contributed by atoms with Gasteiger partial charge in [0.2, 0.25) is 5.95 Å². The Bertz CT molecular complexity index is 696. The van der Waals surface area contributed by atoms with Crippen LogP contribution in [0.4, 0.5) is 10.7 Å². The van der Waals surface area contributed by atoms with Crippen LogP contribution in [0.5, 0.6) is 0 Å². The average Bonchev–Trinajstić information content (AvgIpc) is 2.63. The molecule has 1 aromatic heterocycles. The molecule has 1 aliphatic heterocycles. The molecule has 2 heterocycles. The normalized spacial score (nSPS) is 20.3. The number of hydrogen-bond acceptors (Lipinski definition) is 4. The number of rotatable bonds is 5. The van der Waals surface area contributed by atoms with Gasteiger partial charge in [0.25, 0.3) is 0 Å². The van der Waals surface area contributed by atoms with Gasteiger partial charge in [-0.1, -0.05) is 23.7 Å². The van der Waals surface area contributed by atoms with Gasteiger partial charge in [0.1, 0.15) is 0 Å². The van der Waals surface area contributed by atoms with Crippen LogP contribution < -0.4 is 5.32 Å². The van der Waals surface area contributed by atoms with Crippen LogP contribution in [-0.4, -0.2) is 45.2 Å². The summed E-state index contributed by atoms with van der Waals surface area (Å²) in [5.41, 5.74) is 1.10. The lowest BCUT2D eigenvalue weighted by Gasteiger charge is -2.38. The molecule has 0 spiro atoms. The van der Waals surface area contributed by atoms with Gasteiger partial charge in [-0.05, 0) is 48.9 Å². The highest BCUT2D eigenvalue weighted by Crippen LogP contribution is 2.26. The third-order valence-corrected chi connectivity index (χ3v) is 4.82. The Morgan fingerprint density at radius 1 is 1.28 bits per heavy atom. The zero-order chi connectivity index (χ0) is 17.6. The Morgan fingerprint density at radius 2 is 2.00 bits per heavy atom. The minimum atomic E-state index is -0.850. The predicted octanol–water partition coefficient (Wildman–Crippen LogP) is 3.54. The second kappa shape index (κ2) is 8.16. The highest BCUT2D eigenvalue weighted by atomic mass is 35.5. The maximum atomic E-state index is 11.6. The maximum Gasteiger partial charge on any atom is 0.407 e. The summed E-state index contributed by atoms with van der Waals surface area (Å²) in [4.78, 5) is 21.4. The summed E-state index contributed by atoms with van der Waals surface area (Å²) in [7, 11) is 0. The van der Waals surface area contributed by atoms with Gasteiger partial charge in [-0.2, -0.15) is 0 Å². The lowest BCUT2D eigenvalue weighted by Crippen LogP contribution is -2.47. The van der Waals surface area contributed by atoms with Gasteiger partial charge in [0.05, 0.1) is 0 Å². The van der Waals surface area contributed by atoms with Crippen LogP contribution in [0.25, 0.3) is 0 Å². The lowest BCUT2D eigenvalue weighted by molar-refractivity contribution is 0.0917. The molecule has 2 aromatic rings. The number of carboxylic acid groups (broad SMARTS) is 1. The standard InChI is InChI=1S/C18H21ClN4O2/c19-15-4-2-13(3-5-15)10-16-11-14(6-9-23(16)18(24)25)12-22-17-20-7-1-8-21-17/h1-5,7-8,14,16H,6,9-12H2,(H,24,25)(H,20,21,22). The molecule has 0 aliphatic carbocycles. The van der Waals surface area contributed by atoms with E-state index in [-0.39, 0.29) is 6.04 Å². The molecule has 1 aromatic carbocycles. The fourth-order valence-electron chi connectivity index (χ4n) is 3.28. The van der Waals surface area contributed by atoms with E-state index in [1.54, 1.807) is 23.4 Å². The lowest BCUT2D eigenvalue weighted by atomic mass is 9.87. The Balaban J connectivity index is 1.62. The Labute approximate surface area is 151 Å². The van der Waals surface area contributed by atoms with Crippen molar-refractivity contribution in [2.75, 3.05) is 18.4 Å². The minimum absolute atomic E-state index is 0.0316. The molecule has 2 unspecified atom stereocenters. The van der Waals surface area contributed by atoms with Crippen LogP contribution in [0.2, 0.25) is 5.02 Å². The molecule has 0 saturated carbocycles. The molecule has 1 fully saturated rings. The number of anilines is 1. The van der Waals surface area contributed by atoms with Gasteiger partial charge in [0.15, 0.2) is 0 Å². The van der Waals surface area contributed by atoms with E-state index in [9.17, 15) is 9.90 Å². The monoisotopic (exact) mass is 360 g/mol. The van der Waals surface area contributed by atoms with Crippen molar-refractivity contribution in [3.8, 4) is 0 Å². The van der Waals surface area contributed by atoms with Crippen LogP contribution in [0.15, 0.2) is 42.7 Å². The molecule has 3 rings (SSSR count). The molecule has 2 atom stereocenters. The first-order chi connectivity index (χ1) is 12.1. The first kappa shape index (κ1) is 17.5. The van der Waals surface area contributed by atoms with Gasteiger partial charge < -0.3 is 15.3 Å². The third kappa shape index (κ3) is 4.82.